The van der Waals surface area contributed by atoms with E-state index in [0.717, 1.165) is 19.6 Å². The number of aryl methyl sites for hydroxylation is 2. The van der Waals surface area contributed by atoms with Gasteiger partial charge in [-0.05, 0) is 84.1 Å². The molecule has 0 saturated carbocycles. The quantitative estimate of drug-likeness (QED) is 0.582. The highest BCUT2D eigenvalue weighted by molar-refractivity contribution is 5.79. The van der Waals surface area contributed by atoms with Crippen LogP contribution in [-0.2, 0) is 24.1 Å². The second-order valence-corrected chi connectivity index (χ2v) is 9.07. The Labute approximate surface area is 191 Å². The molecule has 2 aromatic carbocycles. The Morgan fingerprint density at radius 2 is 1.72 bits per heavy atom. The average Bonchev–Trinajstić information content (AvgIpc) is 3.39. The fourth-order valence-electron chi connectivity index (χ4n) is 5.29. The van der Waals surface area contributed by atoms with Crippen LogP contribution in [-0.4, -0.2) is 35.3 Å². The number of nitrogens with zero attached hydrogens (tertiary/aromatic N) is 2. The molecule has 0 N–H and O–H groups in total. The third-order valence-electron chi connectivity index (χ3n) is 7.06. The number of hydrogen-bond acceptors (Lipinski definition) is 2. The fourth-order valence-corrected chi connectivity index (χ4v) is 5.29. The van der Waals surface area contributed by atoms with Crippen LogP contribution < -0.4 is 0 Å². The van der Waals surface area contributed by atoms with Crippen LogP contribution in [0.15, 0.2) is 66.5 Å². The Balaban J connectivity index is 0.000000140. The van der Waals surface area contributed by atoms with Crippen molar-refractivity contribution in [3.8, 4) is 11.1 Å². The third-order valence-corrected chi connectivity index (χ3v) is 7.06. The van der Waals surface area contributed by atoms with Crippen molar-refractivity contribution >= 4 is 12.0 Å². The van der Waals surface area contributed by atoms with Crippen LogP contribution in [0.1, 0.15) is 48.4 Å². The van der Waals surface area contributed by atoms with E-state index >= 15 is 0 Å². The highest BCUT2D eigenvalue weighted by Gasteiger charge is 2.20. The maximum absolute atomic E-state index is 11.1. The Morgan fingerprint density at radius 3 is 2.50 bits per heavy atom. The molecule has 0 radical (unpaired) electrons. The lowest BCUT2D eigenvalue weighted by molar-refractivity contribution is -0.125. The Morgan fingerprint density at radius 1 is 0.875 bits per heavy atom. The molecule has 2 aromatic rings. The molecule has 6 rings (SSSR count). The summed E-state index contributed by atoms with van der Waals surface area (Å²) in [6, 6.07) is 13.5. The summed E-state index contributed by atoms with van der Waals surface area (Å²) in [5, 5.41) is 0. The van der Waals surface area contributed by atoms with Gasteiger partial charge in [-0.25, -0.2) is 0 Å². The number of benzene rings is 2. The van der Waals surface area contributed by atoms with Crippen molar-refractivity contribution in [2.24, 2.45) is 0 Å². The van der Waals surface area contributed by atoms with Gasteiger partial charge in [0.15, 0.2) is 0 Å². The summed E-state index contributed by atoms with van der Waals surface area (Å²) in [4.78, 5) is 15.2. The first-order chi connectivity index (χ1) is 15.7. The maximum atomic E-state index is 11.1. The van der Waals surface area contributed by atoms with Crippen LogP contribution in [0.5, 0.6) is 0 Å². The molecule has 2 aliphatic carbocycles. The normalized spacial score (nSPS) is 18.2. The van der Waals surface area contributed by atoms with Gasteiger partial charge in [0, 0.05) is 38.5 Å². The number of hydrogen-bond donors (Lipinski definition) is 0. The Kier molecular flexibility index (Phi) is 5.98. The number of carbonyl (C=O) groups is 1. The summed E-state index contributed by atoms with van der Waals surface area (Å²) in [6.07, 6.45) is 18.1. The molecule has 0 bridgehead atoms. The molecule has 2 aliphatic heterocycles. The molecule has 0 aromatic heterocycles. The molecule has 0 atom stereocenters. The minimum Gasteiger partial charge on any atom is -0.372 e. The SMILES string of the molecule is C1=Cc2c(ccc3c2CCc2ccccc2-3)CC1.CC(=O)N1C=CC(N2CCCC2)=CC1. The van der Waals surface area contributed by atoms with Gasteiger partial charge in [-0.1, -0.05) is 48.6 Å². The summed E-state index contributed by atoms with van der Waals surface area (Å²) in [6.45, 7) is 4.64. The van der Waals surface area contributed by atoms with Gasteiger partial charge in [0.1, 0.15) is 0 Å². The number of amides is 1. The molecular formula is C29H32N2O. The number of carbonyl (C=O) groups excluding carboxylic acids is 1. The van der Waals surface area contributed by atoms with E-state index < -0.39 is 0 Å². The van der Waals surface area contributed by atoms with E-state index in [0.29, 0.717) is 0 Å². The standard InChI is InChI=1S/C18H16.C11H16N2O/c1-3-7-15-13(5-1)9-11-18-16-8-4-2-6-14(16)10-12-17(15)18;1-10(14)12-8-4-11(5-9-12)13-6-2-3-7-13/h1,3-5,7-8,10,12H,2,6,9,11H2;4-5,8H,2-3,6-7,9H2,1H3. The molecule has 1 fully saturated rings. The molecule has 0 unspecified atom stereocenters. The first-order valence-corrected chi connectivity index (χ1v) is 12.0. The van der Waals surface area contributed by atoms with Crippen molar-refractivity contribution in [1.29, 1.82) is 0 Å². The molecular weight excluding hydrogens is 392 g/mol. The van der Waals surface area contributed by atoms with Crippen LogP contribution in [0, 0.1) is 0 Å². The monoisotopic (exact) mass is 424 g/mol. The topological polar surface area (TPSA) is 23.6 Å². The van der Waals surface area contributed by atoms with Gasteiger partial charge in [0.2, 0.25) is 5.91 Å². The molecule has 1 saturated heterocycles. The molecule has 1 amide bonds. The summed E-state index contributed by atoms with van der Waals surface area (Å²) in [5.74, 6) is 0.109. The van der Waals surface area contributed by atoms with E-state index in [1.807, 2.05) is 12.3 Å². The summed E-state index contributed by atoms with van der Waals surface area (Å²) in [7, 11) is 0. The van der Waals surface area contributed by atoms with E-state index in [1.165, 1.54) is 72.0 Å². The van der Waals surface area contributed by atoms with Crippen molar-refractivity contribution in [3.63, 3.8) is 0 Å². The van der Waals surface area contributed by atoms with Crippen LogP contribution in [0.3, 0.4) is 0 Å². The van der Waals surface area contributed by atoms with Gasteiger partial charge in [-0.15, -0.1) is 0 Å². The molecule has 32 heavy (non-hydrogen) atoms. The zero-order valence-electron chi connectivity index (χ0n) is 19.0. The second-order valence-electron chi connectivity index (χ2n) is 9.07. The van der Waals surface area contributed by atoms with Crippen LogP contribution in [0.2, 0.25) is 0 Å². The van der Waals surface area contributed by atoms with E-state index in [-0.39, 0.29) is 5.91 Å². The highest BCUT2D eigenvalue weighted by Crippen LogP contribution is 2.38. The van der Waals surface area contributed by atoms with Crippen LogP contribution in [0.4, 0.5) is 0 Å². The van der Waals surface area contributed by atoms with Crippen LogP contribution >= 0.6 is 0 Å². The minimum atomic E-state index is 0.109. The second kappa shape index (κ2) is 9.20. The molecule has 3 nitrogen and oxygen atoms in total. The van der Waals surface area contributed by atoms with Crippen molar-refractivity contribution in [1.82, 2.24) is 9.80 Å². The Hall–Kier alpha value is -3.07. The van der Waals surface area contributed by atoms with Gasteiger partial charge in [-0.2, -0.15) is 0 Å². The van der Waals surface area contributed by atoms with E-state index in [4.69, 9.17) is 0 Å². The summed E-state index contributed by atoms with van der Waals surface area (Å²) >= 11 is 0. The van der Waals surface area contributed by atoms with E-state index in [1.54, 1.807) is 17.4 Å². The average molecular weight is 425 g/mol. The highest BCUT2D eigenvalue weighted by atomic mass is 16.2. The third kappa shape index (κ3) is 4.17. The van der Waals surface area contributed by atoms with Gasteiger partial charge in [0.05, 0.1) is 0 Å². The molecule has 2 heterocycles. The number of rotatable bonds is 1. The smallest absolute Gasteiger partial charge is 0.223 e. The van der Waals surface area contributed by atoms with Crippen molar-refractivity contribution in [3.05, 3.63) is 88.8 Å². The summed E-state index contributed by atoms with van der Waals surface area (Å²) < 4.78 is 0. The van der Waals surface area contributed by atoms with E-state index in [2.05, 4.69) is 59.5 Å². The van der Waals surface area contributed by atoms with Gasteiger partial charge < -0.3 is 9.80 Å². The first-order valence-electron chi connectivity index (χ1n) is 12.0. The number of allylic oxidation sites excluding steroid dienone is 2. The maximum Gasteiger partial charge on any atom is 0.223 e. The molecule has 3 heteroatoms. The molecule has 0 spiro atoms. The largest absolute Gasteiger partial charge is 0.372 e. The predicted molar refractivity (Wildman–Crippen MR) is 132 cm³/mol. The van der Waals surface area contributed by atoms with Gasteiger partial charge in [-0.3, -0.25) is 4.79 Å². The zero-order chi connectivity index (χ0) is 21.9. The zero-order valence-corrected chi connectivity index (χ0v) is 19.0. The lowest BCUT2D eigenvalue weighted by atomic mass is 9.80. The number of likely N-dealkylation sites (tertiary alicyclic amines) is 1. The fraction of sp³-hybridized carbons (Fsp3) is 0.345. The Bertz CT molecular complexity index is 1100. The van der Waals surface area contributed by atoms with Crippen LogP contribution in [0.25, 0.3) is 17.2 Å². The van der Waals surface area contributed by atoms with Crippen molar-refractivity contribution in [2.45, 2.75) is 45.4 Å². The lowest BCUT2D eigenvalue weighted by Crippen LogP contribution is -2.28. The first kappa shape index (κ1) is 20.8. The van der Waals surface area contributed by atoms with Crippen molar-refractivity contribution < 1.29 is 4.79 Å². The summed E-state index contributed by atoms with van der Waals surface area (Å²) in [5.41, 5.74) is 10.3. The van der Waals surface area contributed by atoms with Gasteiger partial charge >= 0.3 is 0 Å². The number of fused-ring (bicyclic) bond motifs is 5. The van der Waals surface area contributed by atoms with Gasteiger partial charge in [0.25, 0.3) is 0 Å². The molecule has 164 valence electrons. The van der Waals surface area contributed by atoms with Crippen molar-refractivity contribution in [2.75, 3.05) is 19.6 Å². The van der Waals surface area contributed by atoms with E-state index in [9.17, 15) is 4.79 Å². The molecule has 4 aliphatic rings. The minimum absolute atomic E-state index is 0.109. The lowest BCUT2D eigenvalue weighted by Gasteiger charge is -2.25. The predicted octanol–water partition coefficient (Wildman–Crippen LogP) is 5.75.